The van der Waals surface area contributed by atoms with E-state index < -0.39 is 0 Å². The van der Waals surface area contributed by atoms with Crippen molar-refractivity contribution in [3.8, 4) is 0 Å². The third kappa shape index (κ3) is 3.48. The monoisotopic (exact) mass is 322 g/mol. The summed E-state index contributed by atoms with van der Waals surface area (Å²) in [6.45, 7) is 4.89. The molecule has 0 aliphatic carbocycles. The van der Waals surface area contributed by atoms with Crippen LogP contribution in [0, 0.1) is 0 Å². The van der Waals surface area contributed by atoms with Crippen LogP contribution < -0.4 is 15.1 Å². The normalized spacial score (nSPS) is 15.5. The Morgan fingerprint density at radius 1 is 1.14 bits per heavy atom. The van der Waals surface area contributed by atoms with Gasteiger partial charge in [0, 0.05) is 48.8 Å². The smallest absolute Gasteiger partial charge is 0.185 e. The van der Waals surface area contributed by atoms with E-state index in [1.807, 2.05) is 19.2 Å². The van der Waals surface area contributed by atoms with Gasteiger partial charge in [0.05, 0.1) is 5.69 Å². The Bertz CT molecular complexity index is 576. The molecule has 1 aromatic carbocycles. The number of thiazole rings is 1. The standard InChI is InChI=1S/C15H19ClN4S/c1-17-10-13-11-21-15(18-13)20-8-6-19(7-9-20)14-4-2-12(16)3-5-14/h2-5,11,17H,6-10H2,1H3. The lowest BCUT2D eigenvalue weighted by atomic mass is 10.2. The molecule has 21 heavy (non-hydrogen) atoms. The van der Waals surface area contributed by atoms with Crippen LogP contribution in [0.1, 0.15) is 5.69 Å². The number of anilines is 2. The van der Waals surface area contributed by atoms with Crippen LogP contribution >= 0.6 is 22.9 Å². The van der Waals surface area contributed by atoms with Gasteiger partial charge in [-0.2, -0.15) is 0 Å². The minimum absolute atomic E-state index is 0.789. The van der Waals surface area contributed by atoms with Crippen molar-refractivity contribution in [2.75, 3.05) is 43.0 Å². The quantitative estimate of drug-likeness (QED) is 0.938. The Kier molecular flexibility index (Phi) is 4.63. The van der Waals surface area contributed by atoms with Crippen LogP contribution in [0.5, 0.6) is 0 Å². The molecule has 0 unspecified atom stereocenters. The van der Waals surface area contributed by atoms with E-state index in [9.17, 15) is 0 Å². The zero-order valence-corrected chi connectivity index (χ0v) is 13.6. The highest BCUT2D eigenvalue weighted by atomic mass is 35.5. The summed E-state index contributed by atoms with van der Waals surface area (Å²) in [5, 5.41) is 7.20. The fourth-order valence-electron chi connectivity index (χ4n) is 2.51. The first-order valence-corrected chi connectivity index (χ1v) is 8.36. The number of hydrogen-bond donors (Lipinski definition) is 1. The number of nitrogens with one attached hydrogen (secondary N) is 1. The summed E-state index contributed by atoms with van der Waals surface area (Å²) >= 11 is 7.68. The Hall–Kier alpha value is -1.30. The minimum Gasteiger partial charge on any atom is -0.368 e. The molecule has 0 radical (unpaired) electrons. The molecular weight excluding hydrogens is 304 g/mol. The second-order valence-corrected chi connectivity index (χ2v) is 6.38. The van der Waals surface area contributed by atoms with E-state index in [1.165, 1.54) is 5.69 Å². The van der Waals surface area contributed by atoms with Crippen LogP contribution in [0.15, 0.2) is 29.6 Å². The summed E-state index contributed by atoms with van der Waals surface area (Å²) in [5.41, 5.74) is 2.37. The highest BCUT2D eigenvalue weighted by Crippen LogP contribution is 2.24. The average molecular weight is 323 g/mol. The van der Waals surface area contributed by atoms with Gasteiger partial charge in [-0.05, 0) is 31.3 Å². The van der Waals surface area contributed by atoms with Crippen molar-refractivity contribution in [3.05, 3.63) is 40.4 Å². The molecule has 1 N–H and O–H groups in total. The fourth-order valence-corrected chi connectivity index (χ4v) is 3.52. The largest absolute Gasteiger partial charge is 0.368 e. The van der Waals surface area contributed by atoms with Gasteiger partial charge in [-0.25, -0.2) is 4.98 Å². The van der Waals surface area contributed by atoms with Crippen LogP contribution in [0.25, 0.3) is 0 Å². The molecule has 0 spiro atoms. The van der Waals surface area contributed by atoms with Crippen molar-refractivity contribution in [2.24, 2.45) is 0 Å². The molecule has 0 atom stereocenters. The average Bonchev–Trinajstić information content (AvgIpc) is 2.97. The van der Waals surface area contributed by atoms with E-state index in [0.717, 1.165) is 48.6 Å². The fraction of sp³-hybridized carbons (Fsp3) is 0.400. The third-order valence-corrected chi connectivity index (χ3v) is 4.84. The van der Waals surface area contributed by atoms with Gasteiger partial charge >= 0.3 is 0 Å². The molecule has 2 aromatic rings. The van der Waals surface area contributed by atoms with Gasteiger partial charge < -0.3 is 15.1 Å². The van der Waals surface area contributed by atoms with E-state index in [-0.39, 0.29) is 0 Å². The van der Waals surface area contributed by atoms with Gasteiger partial charge in [0.2, 0.25) is 0 Å². The molecule has 1 aliphatic heterocycles. The molecule has 3 rings (SSSR count). The summed E-state index contributed by atoms with van der Waals surface area (Å²) < 4.78 is 0. The molecule has 1 aliphatic rings. The van der Waals surface area contributed by atoms with Crippen LogP contribution in [0.3, 0.4) is 0 Å². The second kappa shape index (κ2) is 6.64. The van der Waals surface area contributed by atoms with Gasteiger partial charge in [0.1, 0.15) is 0 Å². The van der Waals surface area contributed by atoms with Crippen LogP contribution in [0.4, 0.5) is 10.8 Å². The SMILES string of the molecule is CNCc1csc(N2CCN(c3ccc(Cl)cc3)CC2)n1. The number of piperazine rings is 1. The summed E-state index contributed by atoms with van der Waals surface area (Å²) in [6, 6.07) is 8.08. The van der Waals surface area contributed by atoms with Crippen molar-refractivity contribution < 1.29 is 0 Å². The van der Waals surface area contributed by atoms with Gasteiger partial charge in [0.15, 0.2) is 5.13 Å². The molecule has 0 bridgehead atoms. The van der Waals surface area contributed by atoms with Gasteiger partial charge in [-0.1, -0.05) is 11.6 Å². The molecule has 6 heteroatoms. The predicted octanol–water partition coefficient (Wildman–Crippen LogP) is 2.84. The topological polar surface area (TPSA) is 31.4 Å². The van der Waals surface area contributed by atoms with Gasteiger partial charge in [-0.15, -0.1) is 11.3 Å². The highest BCUT2D eigenvalue weighted by Gasteiger charge is 2.19. The Labute approximate surface area is 134 Å². The highest BCUT2D eigenvalue weighted by molar-refractivity contribution is 7.13. The first-order chi connectivity index (χ1) is 10.3. The van der Waals surface area contributed by atoms with Crippen molar-refractivity contribution >= 4 is 33.8 Å². The molecule has 0 saturated carbocycles. The molecule has 112 valence electrons. The summed E-state index contributed by atoms with van der Waals surface area (Å²) in [5.74, 6) is 0. The maximum absolute atomic E-state index is 5.94. The van der Waals surface area contributed by atoms with Gasteiger partial charge in [0.25, 0.3) is 0 Å². The zero-order valence-electron chi connectivity index (χ0n) is 12.1. The Balaban J connectivity index is 1.60. The molecule has 4 nitrogen and oxygen atoms in total. The summed E-state index contributed by atoms with van der Waals surface area (Å²) in [4.78, 5) is 9.45. The van der Waals surface area contributed by atoms with E-state index in [1.54, 1.807) is 11.3 Å². The van der Waals surface area contributed by atoms with E-state index in [2.05, 4.69) is 37.6 Å². The molecule has 1 aromatic heterocycles. The first-order valence-electron chi connectivity index (χ1n) is 7.11. The maximum atomic E-state index is 5.94. The van der Waals surface area contributed by atoms with Gasteiger partial charge in [-0.3, -0.25) is 0 Å². The van der Waals surface area contributed by atoms with Crippen molar-refractivity contribution in [2.45, 2.75) is 6.54 Å². The summed E-state index contributed by atoms with van der Waals surface area (Å²) in [7, 11) is 1.95. The number of benzene rings is 1. The first kappa shape index (κ1) is 14.6. The van der Waals surface area contributed by atoms with Crippen LogP contribution in [0.2, 0.25) is 5.02 Å². The number of hydrogen-bond acceptors (Lipinski definition) is 5. The van der Waals surface area contributed by atoms with E-state index in [0.29, 0.717) is 0 Å². The molecule has 2 heterocycles. The molecular formula is C15H19ClN4S. The number of halogens is 1. The Morgan fingerprint density at radius 2 is 1.81 bits per heavy atom. The lowest BCUT2D eigenvalue weighted by Gasteiger charge is -2.36. The Morgan fingerprint density at radius 3 is 2.48 bits per heavy atom. The lowest BCUT2D eigenvalue weighted by molar-refractivity contribution is 0.650. The third-order valence-electron chi connectivity index (χ3n) is 3.64. The molecule has 1 fully saturated rings. The maximum Gasteiger partial charge on any atom is 0.185 e. The minimum atomic E-state index is 0.789. The zero-order chi connectivity index (χ0) is 14.7. The van der Waals surface area contributed by atoms with E-state index in [4.69, 9.17) is 11.6 Å². The van der Waals surface area contributed by atoms with Crippen molar-refractivity contribution in [1.29, 1.82) is 0 Å². The number of rotatable bonds is 4. The van der Waals surface area contributed by atoms with Crippen molar-refractivity contribution in [1.82, 2.24) is 10.3 Å². The lowest BCUT2D eigenvalue weighted by Crippen LogP contribution is -2.46. The van der Waals surface area contributed by atoms with E-state index >= 15 is 0 Å². The summed E-state index contributed by atoms with van der Waals surface area (Å²) in [6.07, 6.45) is 0. The second-order valence-electron chi connectivity index (χ2n) is 5.10. The molecule has 1 saturated heterocycles. The molecule has 0 amide bonds. The number of nitrogens with zero attached hydrogens (tertiary/aromatic N) is 3. The van der Waals surface area contributed by atoms with Crippen LogP contribution in [-0.4, -0.2) is 38.2 Å². The van der Waals surface area contributed by atoms with Crippen LogP contribution in [-0.2, 0) is 6.54 Å². The number of aromatic nitrogens is 1. The van der Waals surface area contributed by atoms with Crippen molar-refractivity contribution in [3.63, 3.8) is 0 Å². The predicted molar refractivity (Wildman–Crippen MR) is 90.8 cm³/mol.